The van der Waals surface area contributed by atoms with Crippen molar-refractivity contribution in [3.05, 3.63) is 30.3 Å². The number of carbonyl (C=O) groups is 3. The van der Waals surface area contributed by atoms with Crippen LogP contribution in [0.4, 0.5) is 5.69 Å². The second-order valence-corrected chi connectivity index (χ2v) is 7.53. The Morgan fingerprint density at radius 2 is 2.08 bits per heavy atom. The van der Waals surface area contributed by atoms with Gasteiger partial charge >= 0.3 is 5.97 Å². The van der Waals surface area contributed by atoms with Crippen LogP contribution in [0.3, 0.4) is 0 Å². The number of nitrogens with zero attached hydrogens (tertiary/aromatic N) is 1. The second-order valence-electron chi connectivity index (χ2n) is 5.70. The van der Waals surface area contributed by atoms with E-state index in [9.17, 15) is 14.4 Å². The largest absolute Gasteiger partial charge is 0.480 e. The standard InChI is InChI=1S/C15H16ClN3O4S/c16-15(14(22)23)7-19-12(21)11(13(19)24-8-15)18-10(20)6-17-9-4-2-1-3-5-9/h1-5,11,13,17H,6-8H2,(H,18,20)(H,22,23)/t11?,13-,15?/m1/s1. The van der Waals surface area contributed by atoms with Gasteiger partial charge in [-0.3, -0.25) is 14.4 Å². The summed E-state index contributed by atoms with van der Waals surface area (Å²) in [5.41, 5.74) is 0.814. The quantitative estimate of drug-likeness (QED) is 0.518. The van der Waals surface area contributed by atoms with E-state index in [0.717, 1.165) is 5.69 Å². The van der Waals surface area contributed by atoms with Crippen LogP contribution < -0.4 is 10.6 Å². The molecular formula is C15H16ClN3O4S. The van der Waals surface area contributed by atoms with E-state index < -0.39 is 16.9 Å². The van der Waals surface area contributed by atoms with Crippen LogP contribution in [0.25, 0.3) is 0 Å². The van der Waals surface area contributed by atoms with Gasteiger partial charge in [-0.15, -0.1) is 23.4 Å². The molecule has 2 aliphatic heterocycles. The number of para-hydroxylation sites is 1. The smallest absolute Gasteiger partial charge is 0.327 e. The van der Waals surface area contributed by atoms with E-state index in [1.54, 1.807) is 0 Å². The van der Waals surface area contributed by atoms with Gasteiger partial charge in [-0.25, -0.2) is 0 Å². The van der Waals surface area contributed by atoms with Crippen molar-refractivity contribution >= 4 is 46.8 Å². The Kier molecular flexibility index (Phi) is 4.60. The minimum absolute atomic E-state index is 0.0466. The van der Waals surface area contributed by atoms with Crippen LogP contribution in [-0.4, -0.2) is 62.9 Å². The zero-order valence-corrected chi connectivity index (χ0v) is 14.1. The first-order chi connectivity index (χ1) is 11.4. The van der Waals surface area contributed by atoms with E-state index in [1.807, 2.05) is 30.3 Å². The fraction of sp³-hybridized carbons (Fsp3) is 0.400. The zero-order chi connectivity index (χ0) is 17.3. The number of halogens is 1. The lowest BCUT2D eigenvalue weighted by Crippen LogP contribution is -2.74. The molecule has 0 spiro atoms. The van der Waals surface area contributed by atoms with Crippen LogP contribution in [0.1, 0.15) is 0 Å². The summed E-state index contributed by atoms with van der Waals surface area (Å²) in [7, 11) is 0. The third kappa shape index (κ3) is 3.16. The van der Waals surface area contributed by atoms with E-state index in [-0.39, 0.29) is 36.0 Å². The first-order valence-corrected chi connectivity index (χ1v) is 8.76. The molecule has 0 radical (unpaired) electrons. The lowest BCUT2D eigenvalue weighted by atomic mass is 10.0. The van der Waals surface area contributed by atoms with Gasteiger partial charge in [-0.1, -0.05) is 18.2 Å². The number of anilines is 1. The molecule has 9 heteroatoms. The SMILES string of the molecule is O=C(CNc1ccccc1)NC1C(=O)N2CC(Cl)(C(=O)O)CS[C@H]12. The predicted octanol–water partition coefficient (Wildman–Crippen LogP) is 0.561. The van der Waals surface area contributed by atoms with Crippen LogP contribution >= 0.6 is 23.4 Å². The average Bonchev–Trinajstić information content (AvgIpc) is 2.58. The number of carboxylic acids is 1. The lowest BCUT2D eigenvalue weighted by molar-refractivity contribution is -0.152. The number of rotatable bonds is 5. The highest BCUT2D eigenvalue weighted by molar-refractivity contribution is 8.00. The van der Waals surface area contributed by atoms with Gasteiger partial charge in [0.25, 0.3) is 0 Å². The molecule has 2 fully saturated rings. The molecule has 7 nitrogen and oxygen atoms in total. The highest BCUT2D eigenvalue weighted by atomic mass is 35.5. The number of carbonyl (C=O) groups excluding carboxylic acids is 2. The number of benzene rings is 1. The van der Waals surface area contributed by atoms with Crippen molar-refractivity contribution in [3.63, 3.8) is 0 Å². The minimum atomic E-state index is -1.46. The highest BCUT2D eigenvalue weighted by Gasteiger charge is 2.56. The fourth-order valence-electron chi connectivity index (χ4n) is 2.64. The molecule has 3 rings (SSSR count). The average molecular weight is 370 g/mol. The van der Waals surface area contributed by atoms with Gasteiger partial charge < -0.3 is 20.6 Å². The van der Waals surface area contributed by atoms with Gasteiger partial charge in [0.15, 0.2) is 4.87 Å². The third-order valence-corrected chi connectivity index (χ3v) is 6.07. The summed E-state index contributed by atoms with van der Waals surface area (Å²) in [5, 5.41) is 14.5. The molecule has 3 N–H and O–H groups in total. The van der Waals surface area contributed by atoms with Gasteiger partial charge in [0.05, 0.1) is 13.1 Å². The van der Waals surface area contributed by atoms with Gasteiger partial charge in [0.1, 0.15) is 11.4 Å². The molecule has 0 aromatic heterocycles. The summed E-state index contributed by atoms with van der Waals surface area (Å²) in [6, 6.07) is 8.63. The van der Waals surface area contributed by atoms with Crippen molar-refractivity contribution < 1.29 is 19.5 Å². The predicted molar refractivity (Wildman–Crippen MR) is 91.0 cm³/mol. The Balaban J connectivity index is 1.52. The molecule has 2 heterocycles. The molecule has 128 valence electrons. The Hall–Kier alpha value is -1.93. The van der Waals surface area contributed by atoms with E-state index in [4.69, 9.17) is 16.7 Å². The summed E-state index contributed by atoms with van der Waals surface area (Å²) in [4.78, 5) is 35.3. The van der Waals surface area contributed by atoms with Crippen molar-refractivity contribution in [1.29, 1.82) is 0 Å². The first kappa shape index (κ1) is 16.9. The van der Waals surface area contributed by atoms with Gasteiger partial charge in [0, 0.05) is 11.4 Å². The Morgan fingerprint density at radius 1 is 1.38 bits per heavy atom. The number of β-lactam (4-membered cyclic amide) rings is 1. The van der Waals surface area contributed by atoms with Crippen molar-refractivity contribution in [2.24, 2.45) is 0 Å². The summed E-state index contributed by atoms with van der Waals surface area (Å²) in [6.07, 6.45) is 0. The molecule has 0 saturated carbocycles. The molecule has 1 aromatic carbocycles. The first-order valence-electron chi connectivity index (χ1n) is 7.33. The molecule has 2 saturated heterocycles. The number of aliphatic carboxylic acids is 1. The normalized spacial score (nSPS) is 28.5. The van der Waals surface area contributed by atoms with Crippen LogP contribution in [0.15, 0.2) is 30.3 Å². The van der Waals surface area contributed by atoms with Gasteiger partial charge in [0.2, 0.25) is 11.8 Å². The van der Waals surface area contributed by atoms with Gasteiger partial charge in [-0.05, 0) is 12.1 Å². The lowest BCUT2D eigenvalue weighted by Gasteiger charge is -2.52. The summed E-state index contributed by atoms with van der Waals surface area (Å²) >= 11 is 7.30. The van der Waals surface area contributed by atoms with Gasteiger partial charge in [-0.2, -0.15) is 0 Å². The Labute approximate surface area is 147 Å². The number of hydrogen-bond acceptors (Lipinski definition) is 5. The number of amides is 2. The summed E-state index contributed by atoms with van der Waals surface area (Å²) in [5.74, 6) is -1.54. The van der Waals surface area contributed by atoms with E-state index in [1.165, 1.54) is 16.7 Å². The summed E-state index contributed by atoms with van der Waals surface area (Å²) in [6.45, 7) is 0.00870. The second kappa shape index (κ2) is 6.52. The van der Waals surface area contributed by atoms with Crippen molar-refractivity contribution in [2.75, 3.05) is 24.2 Å². The fourth-order valence-corrected chi connectivity index (χ4v) is 4.34. The maximum Gasteiger partial charge on any atom is 0.327 e. The zero-order valence-electron chi connectivity index (χ0n) is 12.6. The minimum Gasteiger partial charge on any atom is -0.480 e. The molecule has 3 atom stereocenters. The molecule has 2 amide bonds. The topological polar surface area (TPSA) is 98.7 Å². The maximum absolute atomic E-state index is 12.1. The van der Waals surface area contributed by atoms with E-state index in [0.29, 0.717) is 0 Å². The number of alkyl halides is 1. The van der Waals surface area contributed by atoms with E-state index in [2.05, 4.69) is 10.6 Å². The molecule has 0 aliphatic carbocycles. The summed E-state index contributed by atoms with van der Waals surface area (Å²) < 4.78 is 0. The van der Waals surface area contributed by atoms with Crippen molar-refractivity contribution in [2.45, 2.75) is 16.3 Å². The van der Waals surface area contributed by atoms with Crippen LogP contribution in [0.5, 0.6) is 0 Å². The number of nitrogens with one attached hydrogen (secondary N) is 2. The number of thioether (sulfide) groups is 1. The number of carboxylic acid groups (broad SMARTS) is 1. The van der Waals surface area contributed by atoms with E-state index >= 15 is 0 Å². The molecule has 24 heavy (non-hydrogen) atoms. The monoisotopic (exact) mass is 369 g/mol. The Bertz CT molecular complexity index is 674. The Morgan fingerprint density at radius 3 is 2.75 bits per heavy atom. The maximum atomic E-state index is 12.1. The number of fused-ring (bicyclic) bond motifs is 1. The highest BCUT2D eigenvalue weighted by Crippen LogP contribution is 2.40. The van der Waals surface area contributed by atoms with Crippen molar-refractivity contribution in [1.82, 2.24) is 10.2 Å². The molecular weight excluding hydrogens is 354 g/mol. The number of hydrogen-bond donors (Lipinski definition) is 3. The van der Waals surface area contributed by atoms with Crippen LogP contribution in [0.2, 0.25) is 0 Å². The van der Waals surface area contributed by atoms with Crippen LogP contribution in [0, 0.1) is 0 Å². The molecule has 2 unspecified atom stereocenters. The molecule has 0 bridgehead atoms. The molecule has 1 aromatic rings. The third-order valence-electron chi connectivity index (χ3n) is 3.97. The van der Waals surface area contributed by atoms with Crippen LogP contribution in [-0.2, 0) is 14.4 Å². The molecule has 2 aliphatic rings. The van der Waals surface area contributed by atoms with Crippen molar-refractivity contribution in [3.8, 4) is 0 Å².